The van der Waals surface area contributed by atoms with Crippen LogP contribution in [0.1, 0.15) is 19.8 Å². The van der Waals surface area contributed by atoms with Gasteiger partial charge in [-0.1, -0.05) is 6.92 Å². The summed E-state index contributed by atoms with van der Waals surface area (Å²) in [5, 5.41) is 8.47. The minimum Gasteiger partial charge on any atom is -0.481 e. The van der Waals surface area contributed by atoms with Crippen LogP contribution in [0.25, 0.3) is 0 Å². The number of thiol groups is 1. The van der Waals surface area contributed by atoms with Crippen molar-refractivity contribution in [2.24, 2.45) is 5.92 Å². The molecule has 0 aliphatic carbocycles. The van der Waals surface area contributed by atoms with E-state index in [2.05, 4.69) is 12.6 Å². The normalized spacial score (nSPS) is 13.1. The van der Waals surface area contributed by atoms with E-state index in [-0.39, 0.29) is 5.92 Å². The Kier molecular flexibility index (Phi) is 4.58. The van der Waals surface area contributed by atoms with Crippen molar-refractivity contribution in [2.45, 2.75) is 19.8 Å². The van der Waals surface area contributed by atoms with E-state index in [1.807, 2.05) is 6.92 Å². The monoisotopic (exact) mass is 148 g/mol. The van der Waals surface area contributed by atoms with Gasteiger partial charge in [-0.15, -0.1) is 0 Å². The molecule has 54 valence electrons. The van der Waals surface area contributed by atoms with E-state index >= 15 is 0 Å². The van der Waals surface area contributed by atoms with Crippen LogP contribution in [-0.2, 0) is 4.79 Å². The smallest absolute Gasteiger partial charge is 0.306 e. The van der Waals surface area contributed by atoms with Gasteiger partial charge in [0.25, 0.3) is 0 Å². The molecule has 0 aliphatic rings. The number of hydrogen-bond donors (Lipinski definition) is 2. The highest BCUT2D eigenvalue weighted by atomic mass is 32.1. The van der Waals surface area contributed by atoms with E-state index in [1.165, 1.54) is 0 Å². The quantitative estimate of drug-likeness (QED) is 0.592. The maximum Gasteiger partial charge on any atom is 0.306 e. The van der Waals surface area contributed by atoms with Crippen molar-refractivity contribution >= 4 is 18.6 Å². The van der Waals surface area contributed by atoms with Crippen LogP contribution >= 0.6 is 12.6 Å². The van der Waals surface area contributed by atoms with Crippen LogP contribution in [-0.4, -0.2) is 16.8 Å². The first-order valence-corrected chi connectivity index (χ1v) is 3.69. The standard InChI is InChI=1S/C6H12O2S/c1-2-5(3-4-9)6(7)8/h5,9H,2-4H2,1H3,(H,7,8). The van der Waals surface area contributed by atoms with Gasteiger partial charge < -0.3 is 5.11 Å². The van der Waals surface area contributed by atoms with Gasteiger partial charge in [-0.3, -0.25) is 4.79 Å². The second-order valence-corrected chi connectivity index (χ2v) is 2.40. The Morgan fingerprint density at radius 3 is 2.44 bits per heavy atom. The largest absolute Gasteiger partial charge is 0.481 e. The van der Waals surface area contributed by atoms with Gasteiger partial charge in [-0.2, -0.15) is 12.6 Å². The molecule has 0 saturated heterocycles. The Labute approximate surface area is 60.7 Å². The molecule has 0 fully saturated rings. The van der Waals surface area contributed by atoms with Crippen molar-refractivity contribution < 1.29 is 9.90 Å². The molecule has 0 heterocycles. The summed E-state index contributed by atoms with van der Waals surface area (Å²) in [5.74, 6) is -0.237. The summed E-state index contributed by atoms with van der Waals surface area (Å²) in [7, 11) is 0. The Morgan fingerprint density at radius 1 is 1.78 bits per heavy atom. The molecule has 1 N–H and O–H groups in total. The third-order valence-corrected chi connectivity index (χ3v) is 1.58. The molecule has 1 atom stereocenters. The van der Waals surface area contributed by atoms with E-state index in [0.717, 1.165) is 0 Å². The van der Waals surface area contributed by atoms with E-state index in [4.69, 9.17) is 5.11 Å². The number of carboxylic acid groups (broad SMARTS) is 1. The van der Waals surface area contributed by atoms with Gasteiger partial charge in [0.2, 0.25) is 0 Å². The topological polar surface area (TPSA) is 37.3 Å². The van der Waals surface area contributed by atoms with Crippen LogP contribution in [0.5, 0.6) is 0 Å². The highest BCUT2D eigenvalue weighted by molar-refractivity contribution is 7.80. The second kappa shape index (κ2) is 4.68. The molecule has 0 aromatic carbocycles. The minimum absolute atomic E-state index is 0.192. The van der Waals surface area contributed by atoms with Crippen LogP contribution in [0.4, 0.5) is 0 Å². The molecule has 1 unspecified atom stereocenters. The molecular formula is C6H12O2S. The molecular weight excluding hydrogens is 136 g/mol. The molecule has 0 rings (SSSR count). The van der Waals surface area contributed by atoms with Gasteiger partial charge in [0, 0.05) is 0 Å². The summed E-state index contributed by atoms with van der Waals surface area (Å²) in [5.41, 5.74) is 0. The first kappa shape index (κ1) is 8.82. The van der Waals surface area contributed by atoms with Gasteiger partial charge >= 0.3 is 5.97 Å². The summed E-state index contributed by atoms with van der Waals surface area (Å²) in [4.78, 5) is 10.3. The third-order valence-electron chi connectivity index (χ3n) is 1.32. The zero-order chi connectivity index (χ0) is 7.28. The lowest BCUT2D eigenvalue weighted by atomic mass is 10.0. The van der Waals surface area contributed by atoms with Crippen molar-refractivity contribution in [3.05, 3.63) is 0 Å². The van der Waals surface area contributed by atoms with Crippen molar-refractivity contribution in [2.75, 3.05) is 5.75 Å². The van der Waals surface area contributed by atoms with E-state index in [9.17, 15) is 4.79 Å². The van der Waals surface area contributed by atoms with Crippen LogP contribution < -0.4 is 0 Å². The van der Waals surface area contributed by atoms with E-state index in [1.54, 1.807) is 0 Å². The highest BCUT2D eigenvalue weighted by Crippen LogP contribution is 2.08. The SMILES string of the molecule is CCC(CCS)C(=O)O. The Bertz CT molecular complexity index is 93.1. The van der Waals surface area contributed by atoms with Crippen molar-refractivity contribution in [3.63, 3.8) is 0 Å². The van der Waals surface area contributed by atoms with Crippen molar-refractivity contribution in [1.82, 2.24) is 0 Å². The molecule has 3 heteroatoms. The number of carboxylic acids is 1. The summed E-state index contributed by atoms with van der Waals surface area (Å²) in [6, 6.07) is 0. The van der Waals surface area contributed by atoms with Crippen LogP contribution in [0, 0.1) is 5.92 Å². The maximum atomic E-state index is 10.3. The molecule has 0 saturated carbocycles. The molecule has 0 aromatic rings. The fourth-order valence-electron chi connectivity index (χ4n) is 0.658. The summed E-state index contributed by atoms with van der Waals surface area (Å²) < 4.78 is 0. The lowest BCUT2D eigenvalue weighted by Gasteiger charge is -2.05. The third kappa shape index (κ3) is 3.40. The summed E-state index contributed by atoms with van der Waals surface area (Å²) in [6.07, 6.45) is 1.38. The zero-order valence-electron chi connectivity index (χ0n) is 5.50. The maximum absolute atomic E-state index is 10.3. The molecule has 0 spiro atoms. The predicted octanol–water partition coefficient (Wildman–Crippen LogP) is 1.42. The van der Waals surface area contributed by atoms with Gasteiger partial charge in [0.05, 0.1) is 5.92 Å². The lowest BCUT2D eigenvalue weighted by Crippen LogP contribution is -2.12. The van der Waals surface area contributed by atoms with Gasteiger partial charge in [0.1, 0.15) is 0 Å². The number of rotatable bonds is 4. The van der Waals surface area contributed by atoms with Crippen LogP contribution in [0.2, 0.25) is 0 Å². The Balaban J connectivity index is 3.54. The van der Waals surface area contributed by atoms with Gasteiger partial charge in [0.15, 0.2) is 0 Å². The molecule has 9 heavy (non-hydrogen) atoms. The first-order valence-electron chi connectivity index (χ1n) is 3.06. The fraction of sp³-hybridized carbons (Fsp3) is 0.833. The Morgan fingerprint density at radius 2 is 2.33 bits per heavy atom. The summed E-state index contributed by atoms with van der Waals surface area (Å²) in [6.45, 7) is 1.88. The average molecular weight is 148 g/mol. The number of aliphatic carboxylic acids is 1. The van der Waals surface area contributed by atoms with Crippen LogP contribution in [0.3, 0.4) is 0 Å². The van der Waals surface area contributed by atoms with Crippen molar-refractivity contribution in [1.29, 1.82) is 0 Å². The molecule has 2 nitrogen and oxygen atoms in total. The number of hydrogen-bond acceptors (Lipinski definition) is 2. The Hall–Kier alpha value is -0.180. The molecule has 0 aliphatic heterocycles. The van der Waals surface area contributed by atoms with Crippen molar-refractivity contribution in [3.8, 4) is 0 Å². The zero-order valence-corrected chi connectivity index (χ0v) is 6.40. The fourth-order valence-corrected chi connectivity index (χ4v) is 0.970. The van der Waals surface area contributed by atoms with E-state index < -0.39 is 5.97 Å². The first-order chi connectivity index (χ1) is 4.22. The van der Waals surface area contributed by atoms with Gasteiger partial charge in [-0.25, -0.2) is 0 Å². The number of carbonyl (C=O) groups is 1. The highest BCUT2D eigenvalue weighted by Gasteiger charge is 2.12. The lowest BCUT2D eigenvalue weighted by molar-refractivity contribution is -0.141. The molecule has 0 bridgehead atoms. The van der Waals surface area contributed by atoms with Gasteiger partial charge in [-0.05, 0) is 18.6 Å². The molecule has 0 amide bonds. The predicted molar refractivity (Wildman–Crippen MR) is 39.9 cm³/mol. The van der Waals surface area contributed by atoms with E-state index in [0.29, 0.717) is 18.6 Å². The molecule has 0 aromatic heterocycles. The minimum atomic E-state index is -0.702. The molecule has 0 radical (unpaired) electrons. The second-order valence-electron chi connectivity index (χ2n) is 1.96. The summed E-state index contributed by atoms with van der Waals surface area (Å²) >= 11 is 3.95. The average Bonchev–Trinajstić information content (AvgIpc) is 1.82. The van der Waals surface area contributed by atoms with Crippen LogP contribution in [0.15, 0.2) is 0 Å².